The second-order valence-electron chi connectivity index (χ2n) is 11.6. The zero-order valence-electron chi connectivity index (χ0n) is 27.4. The van der Waals surface area contributed by atoms with E-state index in [-0.39, 0.29) is 30.7 Å². The fourth-order valence-corrected chi connectivity index (χ4v) is 6.31. The van der Waals surface area contributed by atoms with Crippen LogP contribution in [0.5, 0.6) is 17.2 Å². The highest BCUT2D eigenvalue weighted by molar-refractivity contribution is 5.87. The van der Waals surface area contributed by atoms with E-state index < -0.39 is 24.0 Å². The fourth-order valence-electron chi connectivity index (χ4n) is 6.31. The van der Waals surface area contributed by atoms with Gasteiger partial charge in [-0.25, -0.2) is 4.79 Å². The molecule has 0 radical (unpaired) electrons. The first-order valence-electron chi connectivity index (χ1n) is 15.7. The maximum atomic E-state index is 13.5. The molecule has 3 aromatic carbocycles. The predicted molar refractivity (Wildman–Crippen MR) is 182 cm³/mol. The molecule has 2 atom stereocenters. The average molecular weight is 657 g/mol. The lowest BCUT2D eigenvalue weighted by Crippen LogP contribution is -2.42. The monoisotopic (exact) mass is 656 g/mol. The van der Waals surface area contributed by atoms with E-state index >= 15 is 0 Å². The molecule has 12 nitrogen and oxygen atoms in total. The Morgan fingerprint density at radius 2 is 1.79 bits per heavy atom. The van der Waals surface area contributed by atoms with Crippen molar-refractivity contribution in [3.05, 3.63) is 81.6 Å². The molecule has 0 saturated heterocycles. The number of amides is 2. The summed E-state index contributed by atoms with van der Waals surface area (Å²) in [4.78, 5) is 53.5. The van der Waals surface area contributed by atoms with Crippen LogP contribution in [0.1, 0.15) is 48.9 Å². The number of benzene rings is 2. The molecule has 12 heteroatoms. The van der Waals surface area contributed by atoms with Crippen molar-refractivity contribution < 1.29 is 33.7 Å². The van der Waals surface area contributed by atoms with Gasteiger partial charge in [-0.2, -0.15) is 0 Å². The molecule has 1 aromatic heterocycles. The van der Waals surface area contributed by atoms with Gasteiger partial charge in [-0.3, -0.25) is 14.4 Å². The van der Waals surface area contributed by atoms with Gasteiger partial charge >= 0.3 is 5.97 Å². The van der Waals surface area contributed by atoms with E-state index in [1.165, 1.54) is 20.1 Å². The SMILES string of the molecule is COc1cc2c(c(OC)c1OC)-c1ccc(NCCCC(=O)N[C@@H](Cc3c[nH]c4ccccc34)C(=O)O)c(=O)cc1[C@@H](NC(C)=O)CC2. The number of H-pyrrole nitrogens is 1. The number of fused-ring (bicyclic) bond motifs is 4. The molecule has 252 valence electrons. The van der Waals surface area contributed by atoms with Crippen molar-refractivity contribution in [3.8, 4) is 28.4 Å². The van der Waals surface area contributed by atoms with Crippen molar-refractivity contribution in [2.24, 2.45) is 0 Å². The standard InChI is InChI=1S/C36H40N4O8/c1-20(41)39-27-13-11-21-17-31(46-2)34(47-3)35(48-4)33(21)24-12-14-28(30(42)18-25(24)27)37-15-7-10-32(43)40-29(36(44)45)16-22-19-38-26-9-6-5-8-23(22)26/h5-6,8-9,12,14,17-19,27,29,38H,7,10-11,13,15-16H2,1-4H3,(H,37,42)(H,39,41)(H,40,43)(H,44,45)/t27-,29-/m0/s1. The second-order valence-corrected chi connectivity index (χ2v) is 11.6. The lowest BCUT2D eigenvalue weighted by molar-refractivity contribution is -0.141. The molecule has 0 spiro atoms. The van der Waals surface area contributed by atoms with Crippen molar-refractivity contribution in [1.82, 2.24) is 15.6 Å². The molecule has 4 aromatic rings. The number of aromatic nitrogens is 1. The lowest BCUT2D eigenvalue weighted by atomic mass is 9.95. The number of hydrogen-bond donors (Lipinski definition) is 5. The van der Waals surface area contributed by atoms with E-state index in [9.17, 15) is 24.3 Å². The lowest BCUT2D eigenvalue weighted by Gasteiger charge is -2.19. The molecular formula is C36H40N4O8. The summed E-state index contributed by atoms with van der Waals surface area (Å²) in [6, 6.07) is 13.0. The molecule has 1 aliphatic rings. The Balaban J connectivity index is 1.33. The van der Waals surface area contributed by atoms with Gasteiger partial charge in [0.1, 0.15) is 6.04 Å². The van der Waals surface area contributed by atoms with Crippen LogP contribution in [0.4, 0.5) is 5.69 Å². The Morgan fingerprint density at radius 1 is 1.02 bits per heavy atom. The van der Waals surface area contributed by atoms with Gasteiger partial charge < -0.3 is 40.3 Å². The summed E-state index contributed by atoms with van der Waals surface area (Å²) in [5.41, 5.74) is 4.74. The van der Waals surface area contributed by atoms with Crippen molar-refractivity contribution in [1.29, 1.82) is 0 Å². The number of carboxylic acid groups (broad SMARTS) is 1. The maximum absolute atomic E-state index is 13.5. The number of anilines is 1. The van der Waals surface area contributed by atoms with E-state index in [2.05, 4.69) is 20.9 Å². The number of carboxylic acids is 1. The molecule has 5 rings (SSSR count). The van der Waals surface area contributed by atoms with Crippen LogP contribution >= 0.6 is 0 Å². The fraction of sp³-hybridized carbons (Fsp3) is 0.333. The van der Waals surface area contributed by atoms with E-state index in [4.69, 9.17) is 14.2 Å². The first kappa shape index (κ1) is 33.8. The topological polar surface area (TPSA) is 168 Å². The van der Waals surface area contributed by atoms with Crippen molar-refractivity contribution in [2.45, 2.75) is 51.1 Å². The highest BCUT2D eigenvalue weighted by Crippen LogP contribution is 2.50. The van der Waals surface area contributed by atoms with E-state index in [1.54, 1.807) is 26.5 Å². The quantitative estimate of drug-likeness (QED) is 0.131. The number of para-hydroxylation sites is 1. The summed E-state index contributed by atoms with van der Waals surface area (Å²) in [7, 11) is 4.62. The molecule has 1 heterocycles. The number of hydrogen-bond acceptors (Lipinski definition) is 8. The Bertz CT molecular complexity index is 1900. The Labute approximate surface area is 277 Å². The van der Waals surface area contributed by atoms with E-state index in [1.807, 2.05) is 36.4 Å². The summed E-state index contributed by atoms with van der Waals surface area (Å²) in [5, 5.41) is 19.4. The molecule has 0 fully saturated rings. The summed E-state index contributed by atoms with van der Waals surface area (Å²) in [5.74, 6) is -0.355. The van der Waals surface area contributed by atoms with Gasteiger partial charge in [0.2, 0.25) is 23.0 Å². The third-order valence-electron chi connectivity index (χ3n) is 8.54. The van der Waals surface area contributed by atoms with Gasteiger partial charge in [0, 0.05) is 49.0 Å². The Hall–Kier alpha value is -5.52. The Morgan fingerprint density at radius 3 is 2.50 bits per heavy atom. The molecular weight excluding hydrogens is 616 g/mol. The number of aryl methyl sites for hydroxylation is 1. The minimum atomic E-state index is -1.12. The van der Waals surface area contributed by atoms with Gasteiger partial charge in [0.05, 0.1) is 33.1 Å². The van der Waals surface area contributed by atoms with E-state index in [0.29, 0.717) is 53.3 Å². The molecule has 0 saturated carbocycles. The number of ether oxygens (including phenoxy) is 3. The predicted octanol–water partition coefficient (Wildman–Crippen LogP) is 4.35. The largest absolute Gasteiger partial charge is 0.493 e. The molecule has 1 aliphatic carbocycles. The summed E-state index contributed by atoms with van der Waals surface area (Å²) in [6.45, 7) is 1.73. The van der Waals surface area contributed by atoms with Crippen LogP contribution < -0.4 is 35.6 Å². The third-order valence-corrected chi connectivity index (χ3v) is 8.54. The number of aliphatic carboxylic acids is 1. The number of aromatic amines is 1. The summed E-state index contributed by atoms with van der Waals surface area (Å²) < 4.78 is 17.0. The molecule has 2 amide bonds. The first-order chi connectivity index (χ1) is 23.1. The van der Waals surface area contributed by atoms with Gasteiger partial charge in [-0.05, 0) is 65.8 Å². The maximum Gasteiger partial charge on any atom is 0.326 e. The van der Waals surface area contributed by atoms with Gasteiger partial charge in [-0.15, -0.1) is 0 Å². The van der Waals surface area contributed by atoms with Crippen LogP contribution in [0.15, 0.2) is 59.5 Å². The normalized spacial score (nSPS) is 14.1. The summed E-state index contributed by atoms with van der Waals surface area (Å²) in [6.07, 6.45) is 3.44. The van der Waals surface area contributed by atoms with Crippen LogP contribution in [0.25, 0.3) is 22.0 Å². The number of nitrogens with one attached hydrogen (secondary N) is 4. The molecule has 48 heavy (non-hydrogen) atoms. The smallest absolute Gasteiger partial charge is 0.326 e. The zero-order valence-corrected chi connectivity index (χ0v) is 27.4. The molecule has 5 N–H and O–H groups in total. The molecule has 0 unspecified atom stereocenters. The first-order valence-corrected chi connectivity index (χ1v) is 15.7. The van der Waals surface area contributed by atoms with Crippen LogP contribution in [0.3, 0.4) is 0 Å². The number of rotatable bonds is 13. The highest BCUT2D eigenvalue weighted by Gasteiger charge is 2.29. The number of carbonyl (C=O) groups excluding carboxylic acids is 2. The minimum absolute atomic E-state index is 0.0606. The highest BCUT2D eigenvalue weighted by atomic mass is 16.5. The molecule has 0 bridgehead atoms. The zero-order chi connectivity index (χ0) is 34.4. The van der Waals surface area contributed by atoms with E-state index in [0.717, 1.165) is 27.6 Å². The van der Waals surface area contributed by atoms with Gasteiger partial charge in [-0.1, -0.05) is 24.3 Å². The summed E-state index contributed by atoms with van der Waals surface area (Å²) >= 11 is 0. The van der Waals surface area contributed by atoms with Crippen LogP contribution in [0, 0.1) is 0 Å². The average Bonchev–Trinajstić information content (AvgIpc) is 3.33. The van der Waals surface area contributed by atoms with Crippen LogP contribution in [0.2, 0.25) is 0 Å². The van der Waals surface area contributed by atoms with Crippen molar-refractivity contribution >= 4 is 34.4 Å². The number of methoxy groups -OCH3 is 3. The van der Waals surface area contributed by atoms with Crippen molar-refractivity contribution in [2.75, 3.05) is 33.2 Å². The molecule has 0 aliphatic heterocycles. The van der Waals surface area contributed by atoms with Gasteiger partial charge in [0.25, 0.3) is 0 Å². The van der Waals surface area contributed by atoms with Crippen LogP contribution in [-0.4, -0.2) is 61.8 Å². The van der Waals surface area contributed by atoms with Crippen molar-refractivity contribution in [3.63, 3.8) is 0 Å². The second kappa shape index (κ2) is 14.9. The van der Waals surface area contributed by atoms with Crippen LogP contribution in [-0.2, 0) is 27.2 Å². The third kappa shape index (κ3) is 7.22. The van der Waals surface area contributed by atoms with Gasteiger partial charge in [0.15, 0.2) is 11.5 Å². The Kier molecular flexibility index (Phi) is 10.5. The minimum Gasteiger partial charge on any atom is -0.493 e. The number of carbonyl (C=O) groups is 3.